The molecular weight excluding hydrogens is 498 g/mol. The molecule has 0 amide bonds. The molecule has 0 heterocycles. The van der Waals surface area contributed by atoms with Crippen molar-refractivity contribution < 1.29 is 54.0 Å². The van der Waals surface area contributed by atoms with Crippen molar-refractivity contribution in [1.29, 1.82) is 0 Å². The van der Waals surface area contributed by atoms with Crippen molar-refractivity contribution in [3.05, 3.63) is 52.6 Å². The van der Waals surface area contributed by atoms with Gasteiger partial charge in [-0.15, -0.1) is 0 Å². The Balaban J connectivity index is 2.22. The normalized spacial score (nSPS) is 10.3. The Labute approximate surface area is 208 Å². The summed E-state index contributed by atoms with van der Waals surface area (Å²) in [6.45, 7) is -3.08. The second-order valence-corrected chi connectivity index (χ2v) is 7.36. The standard InChI is InChI=1S/C22H23N3O12/c26-19(27)10-23(11-20(28)29)15-3-1-2-4-17(15)36-7-8-37-18-9-14(25(34)35)5-6-16(18)24(12-21(30)31)13-22(32)33/h1-6,9H,7-8,10-13H2,(H,26,27)(H,28,29)(H,30,31)(H,32,33). The lowest BCUT2D eigenvalue weighted by atomic mass is 10.2. The third-order valence-corrected chi connectivity index (χ3v) is 4.60. The molecule has 0 aliphatic carbocycles. The largest absolute Gasteiger partial charge is 0.488 e. The Bertz CT molecular complexity index is 1140. The van der Waals surface area contributed by atoms with Crippen LogP contribution >= 0.6 is 0 Å². The van der Waals surface area contributed by atoms with E-state index in [2.05, 4.69) is 0 Å². The predicted octanol–water partition coefficient (Wildman–Crippen LogP) is 1.00. The monoisotopic (exact) mass is 521 g/mol. The first kappa shape index (κ1) is 28.2. The van der Waals surface area contributed by atoms with Crippen LogP contribution in [0.4, 0.5) is 17.1 Å². The van der Waals surface area contributed by atoms with Gasteiger partial charge in [-0.1, -0.05) is 12.1 Å². The van der Waals surface area contributed by atoms with E-state index in [0.717, 1.165) is 21.9 Å². The van der Waals surface area contributed by atoms with Gasteiger partial charge >= 0.3 is 23.9 Å². The number of carboxylic acids is 4. The summed E-state index contributed by atoms with van der Waals surface area (Å²) in [7, 11) is 0. The Hall–Kier alpha value is -5.08. The quantitative estimate of drug-likeness (QED) is 0.138. The number of hydrogen-bond acceptors (Lipinski definition) is 10. The topological polar surface area (TPSA) is 217 Å². The van der Waals surface area contributed by atoms with Gasteiger partial charge in [0.1, 0.15) is 50.9 Å². The fourth-order valence-electron chi connectivity index (χ4n) is 3.24. The third kappa shape index (κ3) is 8.89. The average molecular weight is 521 g/mol. The maximum absolute atomic E-state index is 11.2. The van der Waals surface area contributed by atoms with Crippen molar-refractivity contribution in [1.82, 2.24) is 0 Å². The smallest absolute Gasteiger partial charge is 0.323 e. The molecule has 0 aliphatic rings. The summed E-state index contributed by atoms with van der Waals surface area (Å²) < 4.78 is 11.2. The molecule has 198 valence electrons. The number of para-hydroxylation sites is 2. The molecule has 4 N–H and O–H groups in total. The Kier molecular flexibility index (Phi) is 9.99. The summed E-state index contributed by atoms with van der Waals surface area (Å²) in [6.07, 6.45) is 0. The second-order valence-electron chi connectivity index (χ2n) is 7.36. The lowest BCUT2D eigenvalue weighted by Crippen LogP contribution is -2.35. The molecule has 0 radical (unpaired) electrons. The highest BCUT2D eigenvalue weighted by Gasteiger charge is 2.22. The van der Waals surface area contributed by atoms with Crippen LogP contribution < -0.4 is 19.3 Å². The maximum atomic E-state index is 11.2. The predicted molar refractivity (Wildman–Crippen MR) is 125 cm³/mol. The van der Waals surface area contributed by atoms with Crippen molar-refractivity contribution in [2.75, 3.05) is 49.2 Å². The number of aliphatic carboxylic acids is 4. The highest BCUT2D eigenvalue weighted by atomic mass is 16.6. The van der Waals surface area contributed by atoms with E-state index in [9.17, 15) is 29.3 Å². The molecule has 0 aliphatic heterocycles. The van der Waals surface area contributed by atoms with Gasteiger partial charge in [0.25, 0.3) is 5.69 Å². The van der Waals surface area contributed by atoms with E-state index in [1.807, 2.05) is 0 Å². The lowest BCUT2D eigenvalue weighted by Gasteiger charge is -2.24. The zero-order valence-corrected chi connectivity index (χ0v) is 19.2. The van der Waals surface area contributed by atoms with Crippen LogP contribution in [0.1, 0.15) is 0 Å². The Morgan fingerprint density at radius 1 is 0.703 bits per heavy atom. The van der Waals surface area contributed by atoms with Crippen molar-refractivity contribution in [2.45, 2.75) is 0 Å². The minimum absolute atomic E-state index is 0.00936. The van der Waals surface area contributed by atoms with Crippen LogP contribution in [0.3, 0.4) is 0 Å². The SMILES string of the molecule is O=C(O)CN(CC(=O)O)c1ccccc1OCCOc1cc([N+](=O)[O-])ccc1N(CC(=O)O)CC(=O)O. The molecule has 0 spiro atoms. The van der Waals surface area contributed by atoms with Crippen LogP contribution in [0.5, 0.6) is 11.5 Å². The van der Waals surface area contributed by atoms with Crippen LogP contribution in [0.2, 0.25) is 0 Å². The molecular formula is C22H23N3O12. The van der Waals surface area contributed by atoms with E-state index >= 15 is 0 Å². The summed E-state index contributed by atoms with van der Waals surface area (Å²) in [5, 5.41) is 47.7. The van der Waals surface area contributed by atoms with E-state index in [4.69, 9.17) is 29.9 Å². The summed E-state index contributed by atoms with van der Waals surface area (Å²) >= 11 is 0. The number of anilines is 2. The molecule has 2 aromatic rings. The number of hydrogen-bond donors (Lipinski definition) is 4. The lowest BCUT2D eigenvalue weighted by molar-refractivity contribution is -0.384. The molecule has 37 heavy (non-hydrogen) atoms. The minimum Gasteiger partial charge on any atom is -0.488 e. The fourth-order valence-corrected chi connectivity index (χ4v) is 3.24. The molecule has 0 atom stereocenters. The van der Waals surface area contributed by atoms with Crippen molar-refractivity contribution in [2.24, 2.45) is 0 Å². The average Bonchev–Trinajstić information content (AvgIpc) is 2.80. The first-order chi connectivity index (χ1) is 17.5. The molecule has 0 bridgehead atoms. The Morgan fingerprint density at radius 2 is 1.14 bits per heavy atom. The molecule has 2 rings (SSSR count). The molecule has 0 aromatic heterocycles. The molecule has 2 aromatic carbocycles. The number of nitro benzene ring substituents is 1. The summed E-state index contributed by atoms with van der Waals surface area (Å²) in [5.41, 5.74) is -0.198. The number of carboxylic acid groups (broad SMARTS) is 4. The van der Waals surface area contributed by atoms with E-state index in [0.29, 0.717) is 0 Å². The van der Waals surface area contributed by atoms with Gasteiger partial charge < -0.3 is 39.7 Å². The molecule has 0 saturated carbocycles. The molecule has 15 nitrogen and oxygen atoms in total. The number of ether oxygens (including phenoxy) is 2. The molecule has 0 saturated heterocycles. The number of nitrogens with zero attached hydrogens (tertiary/aromatic N) is 3. The van der Waals surface area contributed by atoms with Gasteiger partial charge in [-0.2, -0.15) is 0 Å². The molecule has 0 fully saturated rings. The summed E-state index contributed by atoms with van der Waals surface area (Å²) in [4.78, 5) is 57.3. The van der Waals surface area contributed by atoms with Crippen LogP contribution in [-0.2, 0) is 19.2 Å². The first-order valence-electron chi connectivity index (χ1n) is 10.5. The number of non-ortho nitro benzene ring substituents is 1. The first-order valence-corrected chi connectivity index (χ1v) is 10.5. The number of benzene rings is 2. The third-order valence-electron chi connectivity index (χ3n) is 4.60. The van der Waals surface area contributed by atoms with Gasteiger partial charge in [0.05, 0.1) is 22.4 Å². The molecule has 0 unspecified atom stereocenters. The van der Waals surface area contributed by atoms with Crippen molar-refractivity contribution in [3.8, 4) is 11.5 Å². The Morgan fingerprint density at radius 3 is 1.59 bits per heavy atom. The van der Waals surface area contributed by atoms with Crippen LogP contribution in [-0.4, -0.2) is 88.6 Å². The van der Waals surface area contributed by atoms with Crippen molar-refractivity contribution in [3.63, 3.8) is 0 Å². The zero-order chi connectivity index (χ0) is 27.5. The van der Waals surface area contributed by atoms with Crippen LogP contribution in [0.25, 0.3) is 0 Å². The van der Waals surface area contributed by atoms with Crippen LogP contribution in [0.15, 0.2) is 42.5 Å². The number of carbonyl (C=O) groups is 4. The van der Waals surface area contributed by atoms with Gasteiger partial charge in [0.2, 0.25) is 0 Å². The van der Waals surface area contributed by atoms with Crippen LogP contribution in [0, 0.1) is 10.1 Å². The maximum Gasteiger partial charge on any atom is 0.323 e. The highest BCUT2D eigenvalue weighted by molar-refractivity contribution is 5.82. The second kappa shape index (κ2) is 13.1. The van der Waals surface area contributed by atoms with Gasteiger partial charge in [0.15, 0.2) is 0 Å². The van der Waals surface area contributed by atoms with E-state index in [1.54, 1.807) is 12.1 Å². The van der Waals surface area contributed by atoms with Gasteiger partial charge in [0, 0.05) is 6.07 Å². The summed E-state index contributed by atoms with van der Waals surface area (Å²) in [5.74, 6) is -5.21. The zero-order valence-electron chi connectivity index (χ0n) is 19.2. The molecule has 15 heteroatoms. The number of rotatable bonds is 16. The van der Waals surface area contributed by atoms with E-state index < -0.39 is 55.0 Å². The van der Waals surface area contributed by atoms with E-state index in [-0.39, 0.29) is 41.8 Å². The fraction of sp³-hybridized carbons (Fsp3) is 0.273. The van der Waals surface area contributed by atoms with Gasteiger partial charge in [-0.3, -0.25) is 29.3 Å². The van der Waals surface area contributed by atoms with Crippen molar-refractivity contribution >= 4 is 40.9 Å². The van der Waals surface area contributed by atoms with Gasteiger partial charge in [-0.25, -0.2) is 0 Å². The summed E-state index contributed by atoms with van der Waals surface area (Å²) in [6, 6.07) is 9.35. The highest BCUT2D eigenvalue weighted by Crippen LogP contribution is 2.33. The minimum atomic E-state index is -1.34. The van der Waals surface area contributed by atoms with E-state index in [1.165, 1.54) is 18.2 Å². The van der Waals surface area contributed by atoms with Gasteiger partial charge in [-0.05, 0) is 18.2 Å². The number of nitro groups is 1.